The van der Waals surface area contributed by atoms with Crippen molar-refractivity contribution in [1.29, 1.82) is 0 Å². The summed E-state index contributed by atoms with van der Waals surface area (Å²) >= 11 is 0. The van der Waals surface area contributed by atoms with Crippen LogP contribution in [0.15, 0.2) is 59.2 Å². The Balaban J connectivity index is 0.00000150. The Hall–Kier alpha value is -1.99. The first-order valence-corrected chi connectivity index (χ1v) is 9.01. The molecule has 0 bridgehead atoms. The molecule has 2 heterocycles. The summed E-state index contributed by atoms with van der Waals surface area (Å²) in [6.07, 6.45) is 1.57. The molecule has 3 aromatic rings. The van der Waals surface area contributed by atoms with Crippen molar-refractivity contribution in [1.82, 2.24) is 9.88 Å². The second kappa shape index (κ2) is 10.2. The van der Waals surface area contributed by atoms with Crippen molar-refractivity contribution in [2.45, 2.75) is 12.5 Å². The molecule has 1 aromatic heterocycles. The fourth-order valence-electron chi connectivity index (χ4n) is 3.78. The lowest BCUT2D eigenvalue weighted by Gasteiger charge is -2.16. The maximum absolute atomic E-state index is 13.4. The van der Waals surface area contributed by atoms with Crippen LogP contribution in [0.25, 0.3) is 11.5 Å². The lowest BCUT2D eigenvalue weighted by molar-refractivity contribution is 0.312. The molecule has 0 spiro atoms. The lowest BCUT2D eigenvalue weighted by Crippen LogP contribution is -2.23. The largest absolute Gasteiger partial charge is 0.444 e. The summed E-state index contributed by atoms with van der Waals surface area (Å²) in [6.45, 7) is 3.06. The quantitative estimate of drug-likeness (QED) is 0.626. The third-order valence-corrected chi connectivity index (χ3v) is 5.15. The summed E-state index contributed by atoms with van der Waals surface area (Å²) in [5, 5.41) is 0. The molecule has 0 amide bonds. The monoisotopic (exact) mass is 441 g/mol. The molecule has 2 aromatic carbocycles. The number of rotatable bonds is 5. The number of likely N-dealkylation sites (tertiary alicyclic amines) is 1. The van der Waals surface area contributed by atoms with Crippen LogP contribution in [0.4, 0.5) is 8.78 Å². The zero-order valence-corrected chi connectivity index (χ0v) is 17.3. The number of nitrogens with zero attached hydrogens (tertiary/aromatic N) is 2. The van der Waals surface area contributed by atoms with Gasteiger partial charge < -0.3 is 10.2 Å². The first-order chi connectivity index (χ1) is 13.1. The second-order valence-corrected chi connectivity index (χ2v) is 6.98. The predicted octanol–water partition coefficient (Wildman–Crippen LogP) is 4.64. The van der Waals surface area contributed by atoms with Gasteiger partial charge in [-0.1, -0.05) is 30.3 Å². The molecule has 0 saturated carbocycles. The summed E-state index contributed by atoms with van der Waals surface area (Å²) in [5.74, 6) is -0.720. The lowest BCUT2D eigenvalue weighted by atomic mass is 9.89. The van der Waals surface area contributed by atoms with Crippen LogP contribution >= 0.6 is 24.8 Å². The van der Waals surface area contributed by atoms with Crippen LogP contribution in [-0.2, 0) is 6.54 Å². The molecule has 0 radical (unpaired) electrons. The fraction of sp³-hybridized carbons (Fsp3) is 0.286. The molecule has 4 nitrogen and oxygen atoms in total. The Kier molecular flexibility index (Phi) is 8.16. The van der Waals surface area contributed by atoms with E-state index in [9.17, 15) is 8.78 Å². The predicted molar refractivity (Wildman–Crippen MR) is 113 cm³/mol. The highest BCUT2D eigenvalue weighted by atomic mass is 35.5. The Morgan fingerprint density at radius 3 is 2.48 bits per heavy atom. The van der Waals surface area contributed by atoms with Crippen molar-refractivity contribution in [3.05, 3.63) is 77.7 Å². The fourth-order valence-corrected chi connectivity index (χ4v) is 3.78. The number of hydrogen-bond acceptors (Lipinski definition) is 4. The Morgan fingerprint density at radius 1 is 1.03 bits per heavy atom. The van der Waals surface area contributed by atoms with Crippen molar-refractivity contribution in [3.63, 3.8) is 0 Å². The summed E-state index contributed by atoms with van der Waals surface area (Å²) in [7, 11) is 0. The van der Waals surface area contributed by atoms with Gasteiger partial charge in [-0.3, -0.25) is 4.90 Å². The van der Waals surface area contributed by atoms with E-state index in [1.165, 1.54) is 11.6 Å². The van der Waals surface area contributed by atoms with E-state index in [4.69, 9.17) is 10.2 Å². The van der Waals surface area contributed by atoms with E-state index in [2.05, 4.69) is 34.1 Å². The summed E-state index contributed by atoms with van der Waals surface area (Å²) in [5.41, 5.74) is 8.48. The van der Waals surface area contributed by atoms with E-state index in [-0.39, 0.29) is 30.7 Å². The molecule has 1 fully saturated rings. The minimum absolute atomic E-state index is 0. The molecule has 4 rings (SSSR count). The average molecular weight is 442 g/mol. The topological polar surface area (TPSA) is 55.3 Å². The second-order valence-electron chi connectivity index (χ2n) is 6.98. The van der Waals surface area contributed by atoms with Crippen molar-refractivity contribution in [3.8, 4) is 11.5 Å². The number of aromatic nitrogens is 1. The highest BCUT2D eigenvalue weighted by molar-refractivity contribution is 5.85. The molecule has 1 aliphatic rings. The van der Waals surface area contributed by atoms with Gasteiger partial charge in [0, 0.05) is 31.1 Å². The van der Waals surface area contributed by atoms with Crippen LogP contribution < -0.4 is 5.73 Å². The van der Waals surface area contributed by atoms with Crippen LogP contribution in [0.3, 0.4) is 0 Å². The Labute approximate surface area is 180 Å². The van der Waals surface area contributed by atoms with Crippen molar-refractivity contribution in [2.24, 2.45) is 11.7 Å². The normalized spacial score (nSPS) is 18.9. The summed E-state index contributed by atoms with van der Waals surface area (Å²) < 4.78 is 32.0. The molecular weight excluding hydrogens is 419 g/mol. The van der Waals surface area contributed by atoms with Crippen molar-refractivity contribution < 1.29 is 13.2 Å². The van der Waals surface area contributed by atoms with Gasteiger partial charge in [-0.15, -0.1) is 24.8 Å². The molecule has 0 aliphatic carbocycles. The molecule has 8 heteroatoms. The van der Waals surface area contributed by atoms with Gasteiger partial charge in [0.2, 0.25) is 5.89 Å². The third kappa shape index (κ3) is 5.14. The molecular formula is C21H23Cl2F2N3O. The SMILES string of the molecule is Cl.Cl.NC[C@@H]1CN(Cc2coc(-c3ccc(F)c(F)c3)n2)C[C@H]1c1ccccc1. The van der Waals surface area contributed by atoms with Crippen LogP contribution in [0, 0.1) is 17.6 Å². The van der Waals surface area contributed by atoms with Gasteiger partial charge in [-0.25, -0.2) is 13.8 Å². The van der Waals surface area contributed by atoms with Gasteiger partial charge >= 0.3 is 0 Å². The smallest absolute Gasteiger partial charge is 0.226 e. The van der Waals surface area contributed by atoms with Crippen LogP contribution in [-0.4, -0.2) is 29.5 Å². The van der Waals surface area contributed by atoms with Gasteiger partial charge in [-0.2, -0.15) is 0 Å². The van der Waals surface area contributed by atoms with Crippen molar-refractivity contribution >= 4 is 24.8 Å². The Morgan fingerprint density at radius 2 is 1.79 bits per heavy atom. The minimum atomic E-state index is -0.914. The maximum atomic E-state index is 13.4. The number of oxazole rings is 1. The van der Waals surface area contributed by atoms with Gasteiger partial charge in [0.1, 0.15) is 6.26 Å². The van der Waals surface area contributed by atoms with Gasteiger partial charge in [0.15, 0.2) is 11.6 Å². The molecule has 0 unspecified atom stereocenters. The number of hydrogen-bond donors (Lipinski definition) is 1. The molecule has 156 valence electrons. The highest BCUT2D eigenvalue weighted by Crippen LogP contribution is 2.33. The number of nitrogens with two attached hydrogens (primary N) is 1. The zero-order valence-electron chi connectivity index (χ0n) is 15.6. The first kappa shape index (κ1) is 23.3. The maximum Gasteiger partial charge on any atom is 0.226 e. The highest BCUT2D eigenvalue weighted by Gasteiger charge is 2.33. The molecule has 29 heavy (non-hydrogen) atoms. The van der Waals surface area contributed by atoms with E-state index >= 15 is 0 Å². The zero-order chi connectivity index (χ0) is 18.8. The molecule has 1 saturated heterocycles. The van der Waals surface area contributed by atoms with Gasteiger partial charge in [0.25, 0.3) is 0 Å². The van der Waals surface area contributed by atoms with E-state index < -0.39 is 11.6 Å². The van der Waals surface area contributed by atoms with Crippen molar-refractivity contribution in [2.75, 3.05) is 19.6 Å². The molecule has 2 atom stereocenters. The number of benzene rings is 2. The first-order valence-electron chi connectivity index (χ1n) is 9.01. The average Bonchev–Trinajstić information content (AvgIpc) is 3.32. The Bertz CT molecular complexity index is 923. The van der Waals surface area contributed by atoms with Gasteiger partial charge in [-0.05, 0) is 36.2 Å². The molecule has 2 N–H and O–H groups in total. The number of halogens is 4. The van der Waals surface area contributed by atoms with Gasteiger partial charge in [0.05, 0.1) is 5.69 Å². The van der Waals surface area contributed by atoms with Crippen LogP contribution in [0.5, 0.6) is 0 Å². The van der Waals surface area contributed by atoms with Crippen LogP contribution in [0.1, 0.15) is 17.2 Å². The summed E-state index contributed by atoms with van der Waals surface area (Å²) in [6, 6.07) is 14.0. The van der Waals surface area contributed by atoms with E-state index in [0.717, 1.165) is 30.9 Å². The standard InChI is InChI=1S/C21H21F2N3O.2ClH/c22-19-7-6-15(8-20(19)23)21-25-17(13-27-21)11-26-10-16(9-24)18(12-26)14-4-2-1-3-5-14;;/h1-8,13,16,18H,9-12,24H2;2*1H/t16-,18+;;/m1../s1. The van der Waals surface area contributed by atoms with Crippen LogP contribution in [0.2, 0.25) is 0 Å². The van der Waals surface area contributed by atoms with E-state index in [0.29, 0.717) is 30.5 Å². The summed E-state index contributed by atoms with van der Waals surface area (Å²) in [4.78, 5) is 6.74. The molecule has 1 aliphatic heterocycles. The minimum Gasteiger partial charge on any atom is -0.444 e. The third-order valence-electron chi connectivity index (χ3n) is 5.15. The van der Waals surface area contributed by atoms with E-state index in [1.807, 2.05) is 6.07 Å². The van der Waals surface area contributed by atoms with E-state index in [1.54, 1.807) is 6.26 Å².